The number of nitro benzene ring substituents is 1. The minimum absolute atomic E-state index is 0. The number of nitrogens with one attached hydrogen (secondary N) is 1. The number of hydrogen-bond acceptors (Lipinski definition) is 4. The predicted octanol–water partition coefficient (Wildman–Crippen LogP) is 2.14. The number of hydrogen-bond donors (Lipinski definition) is 1. The van der Waals surface area contributed by atoms with E-state index in [2.05, 4.69) is 21.2 Å². The minimum Gasteiger partial charge on any atom is -0.337 e. The highest BCUT2D eigenvalue weighted by atomic mass is 79.9. The molecule has 0 aromatic heterocycles. The van der Waals surface area contributed by atoms with Crippen molar-refractivity contribution < 1.29 is 9.72 Å². The summed E-state index contributed by atoms with van der Waals surface area (Å²) in [7, 11) is 0. The Balaban J connectivity index is 0.00000220. The van der Waals surface area contributed by atoms with E-state index < -0.39 is 4.92 Å². The van der Waals surface area contributed by atoms with Gasteiger partial charge in [-0.15, -0.1) is 12.4 Å². The number of nitro groups is 1. The number of benzene rings is 1. The van der Waals surface area contributed by atoms with Crippen molar-refractivity contribution in [1.29, 1.82) is 0 Å². The monoisotopic (exact) mass is 377 g/mol. The van der Waals surface area contributed by atoms with Gasteiger partial charge in [-0.1, -0.05) is 22.0 Å². The number of non-ortho nitro benzene ring substituents is 1. The topological polar surface area (TPSA) is 75.5 Å². The average molecular weight is 379 g/mol. The molecule has 21 heavy (non-hydrogen) atoms. The van der Waals surface area contributed by atoms with Crippen LogP contribution in [0.15, 0.2) is 22.7 Å². The molecule has 2 rings (SSSR count). The van der Waals surface area contributed by atoms with E-state index in [0.29, 0.717) is 11.0 Å². The summed E-state index contributed by atoms with van der Waals surface area (Å²) in [5, 5.41) is 13.9. The fraction of sp³-hybridized carbons (Fsp3) is 0.462. The summed E-state index contributed by atoms with van der Waals surface area (Å²) < 4.78 is 0.600. The van der Waals surface area contributed by atoms with Crippen LogP contribution in [0.4, 0.5) is 5.69 Å². The number of halogens is 2. The molecule has 1 N–H and O–H groups in total. The molecule has 0 spiro atoms. The van der Waals surface area contributed by atoms with Gasteiger partial charge in [0.15, 0.2) is 0 Å². The maximum Gasteiger partial charge on any atom is 0.270 e. The van der Waals surface area contributed by atoms with Gasteiger partial charge in [-0.25, -0.2) is 0 Å². The van der Waals surface area contributed by atoms with E-state index in [1.165, 1.54) is 12.1 Å². The van der Waals surface area contributed by atoms with Crippen LogP contribution in [0.5, 0.6) is 0 Å². The fourth-order valence-electron chi connectivity index (χ4n) is 2.27. The number of rotatable bonds is 3. The predicted molar refractivity (Wildman–Crippen MR) is 85.8 cm³/mol. The van der Waals surface area contributed by atoms with E-state index in [-0.39, 0.29) is 36.5 Å². The van der Waals surface area contributed by atoms with Gasteiger partial charge in [-0.05, 0) is 12.5 Å². The van der Waals surface area contributed by atoms with Crippen LogP contribution in [-0.4, -0.2) is 41.4 Å². The molecule has 0 unspecified atom stereocenters. The first-order valence-electron chi connectivity index (χ1n) is 6.42. The van der Waals surface area contributed by atoms with Crippen LogP contribution in [0.1, 0.15) is 12.5 Å². The Morgan fingerprint density at radius 3 is 2.86 bits per heavy atom. The summed E-state index contributed by atoms with van der Waals surface area (Å²) in [5.74, 6) is 0.0496. The van der Waals surface area contributed by atoms with Crippen molar-refractivity contribution in [1.82, 2.24) is 10.2 Å². The molecule has 0 radical (unpaired) electrons. The second-order valence-electron chi connectivity index (χ2n) is 4.85. The summed E-state index contributed by atoms with van der Waals surface area (Å²) in [5.41, 5.74) is 0.787. The lowest BCUT2D eigenvalue weighted by Crippen LogP contribution is -2.52. The molecule has 6 nitrogen and oxygen atoms in total. The summed E-state index contributed by atoms with van der Waals surface area (Å²) >= 11 is 3.30. The minimum atomic E-state index is -0.450. The molecule has 8 heteroatoms. The number of carbonyl (C=O) groups is 1. The number of amides is 1. The quantitative estimate of drug-likeness (QED) is 0.646. The van der Waals surface area contributed by atoms with E-state index >= 15 is 0 Å². The lowest BCUT2D eigenvalue weighted by atomic mass is 10.1. The molecule has 1 saturated heterocycles. The first kappa shape index (κ1) is 17.9. The molecule has 0 aliphatic carbocycles. The molecule has 1 aromatic rings. The second kappa shape index (κ2) is 7.72. The maximum absolute atomic E-state index is 12.3. The van der Waals surface area contributed by atoms with Gasteiger partial charge in [-0.2, -0.15) is 0 Å². The Morgan fingerprint density at radius 1 is 1.57 bits per heavy atom. The molecular formula is C13H17BrClN3O3. The van der Waals surface area contributed by atoms with Crippen molar-refractivity contribution >= 4 is 39.9 Å². The zero-order chi connectivity index (χ0) is 14.7. The summed E-state index contributed by atoms with van der Waals surface area (Å²) in [4.78, 5) is 24.4. The lowest BCUT2D eigenvalue weighted by Gasteiger charge is -2.34. The first-order valence-corrected chi connectivity index (χ1v) is 7.21. The zero-order valence-electron chi connectivity index (χ0n) is 11.5. The number of piperazine rings is 1. The second-order valence-corrected chi connectivity index (χ2v) is 5.70. The van der Waals surface area contributed by atoms with Crippen LogP contribution in [0, 0.1) is 10.1 Å². The third-order valence-corrected chi connectivity index (χ3v) is 4.15. The van der Waals surface area contributed by atoms with E-state index in [1.807, 2.05) is 11.8 Å². The Morgan fingerprint density at radius 2 is 2.29 bits per heavy atom. The van der Waals surface area contributed by atoms with Crippen molar-refractivity contribution in [2.45, 2.75) is 19.4 Å². The fourth-order valence-corrected chi connectivity index (χ4v) is 2.78. The Hall–Kier alpha value is -1.18. The highest BCUT2D eigenvalue weighted by Gasteiger charge is 2.23. The summed E-state index contributed by atoms with van der Waals surface area (Å²) in [6.07, 6.45) is 0.253. The number of nitrogens with zero attached hydrogens (tertiary/aromatic N) is 2. The van der Waals surface area contributed by atoms with Crippen LogP contribution >= 0.6 is 28.3 Å². The van der Waals surface area contributed by atoms with E-state index in [1.54, 1.807) is 6.07 Å². The molecule has 1 heterocycles. The van der Waals surface area contributed by atoms with Crippen molar-refractivity contribution in [3.05, 3.63) is 38.3 Å². The smallest absolute Gasteiger partial charge is 0.270 e. The third-order valence-electron chi connectivity index (χ3n) is 3.41. The van der Waals surface area contributed by atoms with Crippen LogP contribution in [0.25, 0.3) is 0 Å². The van der Waals surface area contributed by atoms with Gasteiger partial charge >= 0.3 is 0 Å². The average Bonchev–Trinajstić information content (AvgIpc) is 2.41. The molecular weight excluding hydrogens is 362 g/mol. The highest BCUT2D eigenvalue weighted by Crippen LogP contribution is 2.24. The molecule has 1 amide bonds. The van der Waals surface area contributed by atoms with Gasteiger partial charge in [0.1, 0.15) is 0 Å². The molecule has 1 aromatic carbocycles. The van der Waals surface area contributed by atoms with Crippen molar-refractivity contribution in [3.63, 3.8) is 0 Å². The van der Waals surface area contributed by atoms with Crippen molar-refractivity contribution in [2.75, 3.05) is 19.6 Å². The van der Waals surface area contributed by atoms with Gasteiger partial charge in [0.05, 0.1) is 11.3 Å². The van der Waals surface area contributed by atoms with Gasteiger partial charge in [0.25, 0.3) is 5.69 Å². The van der Waals surface area contributed by atoms with E-state index in [4.69, 9.17) is 0 Å². The van der Waals surface area contributed by atoms with Gasteiger partial charge in [0, 0.05) is 42.3 Å². The molecule has 1 fully saturated rings. The lowest BCUT2D eigenvalue weighted by molar-refractivity contribution is -0.384. The third kappa shape index (κ3) is 4.39. The molecule has 1 aliphatic rings. The molecule has 0 saturated carbocycles. The normalized spacial score (nSPS) is 18.0. The van der Waals surface area contributed by atoms with Crippen LogP contribution in [0.2, 0.25) is 0 Å². The van der Waals surface area contributed by atoms with Crippen LogP contribution in [0.3, 0.4) is 0 Å². The van der Waals surface area contributed by atoms with Crippen LogP contribution < -0.4 is 5.32 Å². The Bertz CT molecular complexity index is 541. The van der Waals surface area contributed by atoms with E-state index in [0.717, 1.165) is 18.7 Å². The Labute approximate surface area is 137 Å². The summed E-state index contributed by atoms with van der Waals surface area (Å²) in [6.45, 7) is 4.31. The van der Waals surface area contributed by atoms with Gasteiger partial charge < -0.3 is 10.2 Å². The summed E-state index contributed by atoms with van der Waals surface area (Å²) in [6, 6.07) is 4.67. The molecule has 116 valence electrons. The standard InChI is InChI=1S/C13H16BrN3O3.ClH/c1-9-8-15-4-5-16(9)13(18)6-10-2-3-11(17(19)20)7-12(10)14;/h2-3,7,9,15H,4-6,8H2,1H3;1H/t9-;/m0./s1. The molecule has 1 aliphatic heterocycles. The zero-order valence-corrected chi connectivity index (χ0v) is 13.9. The number of carbonyl (C=O) groups excluding carboxylic acids is 1. The van der Waals surface area contributed by atoms with Crippen molar-refractivity contribution in [3.8, 4) is 0 Å². The van der Waals surface area contributed by atoms with Gasteiger partial charge in [0.2, 0.25) is 5.91 Å². The van der Waals surface area contributed by atoms with Crippen molar-refractivity contribution in [2.24, 2.45) is 0 Å². The van der Waals surface area contributed by atoms with E-state index in [9.17, 15) is 14.9 Å². The SMILES string of the molecule is C[C@H]1CNCCN1C(=O)Cc1ccc([N+](=O)[O-])cc1Br.Cl. The highest BCUT2D eigenvalue weighted by molar-refractivity contribution is 9.10. The molecule has 1 atom stereocenters. The van der Waals surface area contributed by atoms with Crippen LogP contribution in [-0.2, 0) is 11.2 Å². The first-order chi connectivity index (χ1) is 9.49. The Kier molecular flexibility index (Phi) is 6.57. The molecule has 0 bridgehead atoms. The maximum atomic E-state index is 12.3. The largest absolute Gasteiger partial charge is 0.337 e. The van der Waals surface area contributed by atoms with Gasteiger partial charge in [-0.3, -0.25) is 14.9 Å².